The van der Waals surface area contributed by atoms with Crippen molar-refractivity contribution < 1.29 is 9.59 Å². The normalized spacial score (nSPS) is 11.2. The summed E-state index contributed by atoms with van der Waals surface area (Å²) in [4.78, 5) is 45.1. The lowest BCUT2D eigenvalue weighted by molar-refractivity contribution is -0.118. The number of para-hydroxylation sites is 1. The average Bonchev–Trinajstić information content (AvgIpc) is 2.93. The van der Waals surface area contributed by atoms with Gasteiger partial charge in [0.05, 0.1) is 16.8 Å². The van der Waals surface area contributed by atoms with Gasteiger partial charge in [0.25, 0.3) is 5.91 Å². The third kappa shape index (κ3) is 6.91. The Morgan fingerprint density at radius 2 is 1.76 bits per heavy atom. The Kier molecular flexibility index (Phi) is 9.88. The molecule has 4 rings (SSSR count). The molecule has 0 radical (unpaired) electrons. The van der Waals surface area contributed by atoms with Gasteiger partial charge < -0.3 is 21.3 Å². The molecule has 0 fully saturated rings. The molecular formula is C26H31N9O2S. The van der Waals surface area contributed by atoms with E-state index in [0.717, 1.165) is 22.0 Å². The van der Waals surface area contributed by atoms with Crippen LogP contribution in [0.1, 0.15) is 35.7 Å². The molecule has 0 aliphatic carbocycles. The van der Waals surface area contributed by atoms with Crippen LogP contribution < -0.4 is 21.3 Å². The van der Waals surface area contributed by atoms with Gasteiger partial charge >= 0.3 is 0 Å². The molecule has 12 heteroatoms. The van der Waals surface area contributed by atoms with Crippen LogP contribution >= 0.6 is 13.5 Å². The Hall–Kier alpha value is -4.32. The van der Waals surface area contributed by atoms with Gasteiger partial charge in [0.2, 0.25) is 11.9 Å². The molecule has 0 saturated heterocycles. The third-order valence-electron chi connectivity index (χ3n) is 5.79. The zero-order valence-electron chi connectivity index (χ0n) is 21.4. The van der Waals surface area contributed by atoms with Crippen LogP contribution in [0.3, 0.4) is 0 Å². The first-order valence-electron chi connectivity index (χ1n) is 11.9. The summed E-state index contributed by atoms with van der Waals surface area (Å²) >= 11 is 0. The summed E-state index contributed by atoms with van der Waals surface area (Å²) in [5.41, 5.74) is 3.90. The van der Waals surface area contributed by atoms with E-state index in [1.807, 2.05) is 24.3 Å². The highest BCUT2D eigenvalue weighted by Crippen LogP contribution is 2.27. The number of fused-ring (bicyclic) bond motifs is 1. The highest BCUT2D eigenvalue weighted by atomic mass is 32.1. The first kappa shape index (κ1) is 28.3. The summed E-state index contributed by atoms with van der Waals surface area (Å²) in [6, 6.07) is 9.47. The number of nitrogens with zero attached hydrogens (tertiary/aromatic N) is 5. The van der Waals surface area contributed by atoms with Crippen LogP contribution in [0.15, 0.2) is 55.2 Å². The summed E-state index contributed by atoms with van der Waals surface area (Å²) < 4.78 is 0. The maximum absolute atomic E-state index is 12.3. The van der Waals surface area contributed by atoms with Crippen molar-refractivity contribution in [3.05, 3.63) is 66.4 Å². The molecule has 1 atom stereocenters. The topological polar surface area (TPSA) is 147 Å². The summed E-state index contributed by atoms with van der Waals surface area (Å²) in [5.74, 6) is 1.03. The number of carbonyl (C=O) groups excluding carboxylic acids is 2. The van der Waals surface area contributed by atoms with E-state index in [2.05, 4.69) is 53.1 Å². The zero-order valence-corrected chi connectivity index (χ0v) is 22.4. The van der Waals surface area contributed by atoms with Crippen molar-refractivity contribution >= 4 is 48.0 Å². The summed E-state index contributed by atoms with van der Waals surface area (Å²) in [6.45, 7) is 5.20. The van der Waals surface area contributed by atoms with Crippen LogP contribution in [0, 0.1) is 0 Å². The number of nitrogens with one attached hydrogen (secondary N) is 4. The largest absolute Gasteiger partial charge is 0.369 e. The predicted molar refractivity (Wildman–Crippen MR) is 153 cm³/mol. The Labute approximate surface area is 227 Å². The number of benzene rings is 1. The molecule has 0 unspecified atom stereocenters. The van der Waals surface area contributed by atoms with E-state index in [4.69, 9.17) is 0 Å². The number of amides is 2. The lowest BCUT2D eigenvalue weighted by atomic mass is 9.96. The summed E-state index contributed by atoms with van der Waals surface area (Å²) in [7, 11) is 1.62. The summed E-state index contributed by atoms with van der Waals surface area (Å²) in [5, 5.41) is 12.6. The lowest BCUT2D eigenvalue weighted by Crippen LogP contribution is -2.26. The van der Waals surface area contributed by atoms with Crippen molar-refractivity contribution in [2.75, 3.05) is 37.3 Å². The summed E-state index contributed by atoms with van der Waals surface area (Å²) in [6.07, 6.45) is 6.54. The van der Waals surface area contributed by atoms with E-state index in [1.54, 1.807) is 31.7 Å². The predicted octanol–water partition coefficient (Wildman–Crippen LogP) is 2.72. The first-order valence-corrected chi connectivity index (χ1v) is 11.9. The van der Waals surface area contributed by atoms with Crippen molar-refractivity contribution in [1.82, 2.24) is 35.6 Å². The number of hydrogen-bond donors (Lipinski definition) is 4. The van der Waals surface area contributed by atoms with Gasteiger partial charge in [0, 0.05) is 75.1 Å². The SMILES string of the molecule is CNC(=O)c1ccnc2c([C@H](C)CNc3cc(-c4cnc(NCCNC(C)=O)nc4)ncn3)cccc12.S. The van der Waals surface area contributed by atoms with Crippen molar-refractivity contribution in [3.63, 3.8) is 0 Å². The molecular weight excluding hydrogens is 502 g/mol. The van der Waals surface area contributed by atoms with Crippen LogP contribution in [0.4, 0.5) is 11.8 Å². The van der Waals surface area contributed by atoms with Crippen molar-refractivity contribution in [3.8, 4) is 11.3 Å². The van der Waals surface area contributed by atoms with E-state index < -0.39 is 0 Å². The number of hydrogen-bond acceptors (Lipinski definition) is 9. The average molecular weight is 534 g/mol. The molecule has 198 valence electrons. The Morgan fingerprint density at radius 1 is 0.974 bits per heavy atom. The smallest absolute Gasteiger partial charge is 0.251 e. The molecule has 0 saturated carbocycles. The van der Waals surface area contributed by atoms with E-state index >= 15 is 0 Å². The van der Waals surface area contributed by atoms with Crippen molar-refractivity contribution in [1.29, 1.82) is 0 Å². The molecule has 0 spiro atoms. The number of pyridine rings is 1. The molecule has 0 bridgehead atoms. The van der Waals surface area contributed by atoms with Crippen molar-refractivity contribution in [2.45, 2.75) is 19.8 Å². The molecule has 3 heterocycles. The Morgan fingerprint density at radius 3 is 2.50 bits per heavy atom. The lowest BCUT2D eigenvalue weighted by Gasteiger charge is -2.16. The minimum absolute atomic E-state index is 0. The molecule has 1 aromatic carbocycles. The van der Waals surface area contributed by atoms with E-state index in [-0.39, 0.29) is 31.2 Å². The van der Waals surface area contributed by atoms with Gasteiger partial charge in [-0.25, -0.2) is 19.9 Å². The first-order chi connectivity index (χ1) is 18.0. The molecule has 11 nitrogen and oxygen atoms in total. The van der Waals surface area contributed by atoms with E-state index in [1.165, 1.54) is 13.3 Å². The number of aromatic nitrogens is 5. The number of rotatable bonds is 10. The second-order valence-corrected chi connectivity index (χ2v) is 8.46. The van der Waals surface area contributed by atoms with Gasteiger partial charge in [-0.1, -0.05) is 25.1 Å². The monoisotopic (exact) mass is 533 g/mol. The van der Waals surface area contributed by atoms with Crippen LogP contribution in [-0.4, -0.2) is 63.4 Å². The third-order valence-corrected chi connectivity index (χ3v) is 5.79. The highest BCUT2D eigenvalue weighted by Gasteiger charge is 2.15. The Balaban J connectivity index is 0.00000400. The van der Waals surface area contributed by atoms with Gasteiger partial charge in [-0.3, -0.25) is 14.6 Å². The van der Waals surface area contributed by atoms with Crippen molar-refractivity contribution in [2.24, 2.45) is 0 Å². The van der Waals surface area contributed by atoms with Crippen LogP contribution in [0.25, 0.3) is 22.2 Å². The molecule has 0 aliphatic rings. The maximum atomic E-state index is 12.3. The second kappa shape index (κ2) is 13.3. The quantitative estimate of drug-likeness (QED) is 0.226. The number of carbonyl (C=O) groups is 2. The minimum Gasteiger partial charge on any atom is -0.369 e. The van der Waals surface area contributed by atoms with Gasteiger partial charge in [0.1, 0.15) is 12.1 Å². The fourth-order valence-corrected chi connectivity index (χ4v) is 3.87. The minimum atomic E-state index is -0.137. The van der Waals surface area contributed by atoms with Crippen LogP contribution in [-0.2, 0) is 4.79 Å². The fourth-order valence-electron chi connectivity index (χ4n) is 3.87. The van der Waals surface area contributed by atoms with Gasteiger partial charge in [-0.2, -0.15) is 13.5 Å². The zero-order chi connectivity index (χ0) is 26.2. The van der Waals surface area contributed by atoms with Crippen LogP contribution in [0.2, 0.25) is 0 Å². The molecule has 0 aliphatic heterocycles. The highest BCUT2D eigenvalue weighted by molar-refractivity contribution is 7.59. The van der Waals surface area contributed by atoms with E-state index in [0.29, 0.717) is 42.7 Å². The van der Waals surface area contributed by atoms with Crippen LogP contribution in [0.5, 0.6) is 0 Å². The number of anilines is 2. The molecule has 4 N–H and O–H groups in total. The Bertz CT molecular complexity index is 1400. The van der Waals surface area contributed by atoms with Gasteiger partial charge in [-0.15, -0.1) is 0 Å². The van der Waals surface area contributed by atoms with Gasteiger partial charge in [0.15, 0.2) is 0 Å². The molecule has 4 aromatic rings. The second-order valence-electron chi connectivity index (χ2n) is 8.46. The molecule has 3 aromatic heterocycles. The van der Waals surface area contributed by atoms with E-state index in [9.17, 15) is 9.59 Å². The standard InChI is InChI=1S/C26H29N9O2.H2S/c1-16(19-5-4-6-20-21(25(37)27-3)7-8-29-24(19)20)12-31-23-11-22(34-15-35-23)18-13-32-26(33-14-18)30-10-9-28-17(2)36;/h4-8,11,13-16H,9-10,12H2,1-3H3,(H,27,37)(H,28,36)(H,30,32,33)(H,31,34,35);1H2/t16-;/m1./s1. The fraction of sp³-hybridized carbons (Fsp3) is 0.269. The van der Waals surface area contributed by atoms with Gasteiger partial charge in [-0.05, 0) is 11.6 Å². The maximum Gasteiger partial charge on any atom is 0.251 e. The molecule has 2 amide bonds. The molecule has 38 heavy (non-hydrogen) atoms.